The van der Waals surface area contributed by atoms with Gasteiger partial charge in [0.25, 0.3) is 11.5 Å². The summed E-state index contributed by atoms with van der Waals surface area (Å²) >= 11 is 6.21. The number of thioether (sulfide) groups is 1. The van der Waals surface area contributed by atoms with Gasteiger partial charge in [-0.05, 0) is 35.9 Å². The molecule has 1 N–H and O–H groups in total. The Balaban J connectivity index is 1.27. The molecule has 0 spiro atoms. The van der Waals surface area contributed by atoms with Crippen molar-refractivity contribution >= 4 is 57.7 Å². The van der Waals surface area contributed by atoms with Gasteiger partial charge in [-0.3, -0.25) is 28.6 Å². The minimum absolute atomic E-state index is 0.140. The standard InChI is InChI=1S/C26H23N5O6S2/c32-22(33)14-31-25(35)20(39-26(31)38)12-17-23(27-21-3-1-2-6-30(21)24(17)34)29-9-7-28(8-10-29)13-16-4-5-18-19(11-16)37-15-36-18/h1-6,11-12H,7-10,13-15H2,(H,32,33)/b20-12+. The van der Waals surface area contributed by atoms with Crippen molar-refractivity contribution in [3.8, 4) is 11.5 Å². The second-order valence-corrected chi connectivity index (χ2v) is 10.9. The summed E-state index contributed by atoms with van der Waals surface area (Å²) in [7, 11) is 0. The molecule has 0 aliphatic carbocycles. The highest BCUT2D eigenvalue weighted by atomic mass is 32.2. The number of thiocarbonyl (C=S) groups is 1. The number of amides is 1. The number of hydrogen-bond donors (Lipinski definition) is 1. The summed E-state index contributed by atoms with van der Waals surface area (Å²) in [6.45, 7) is 3.19. The van der Waals surface area contributed by atoms with Crippen molar-refractivity contribution < 1.29 is 24.2 Å². The molecule has 0 radical (unpaired) electrons. The van der Waals surface area contributed by atoms with Gasteiger partial charge in [-0.2, -0.15) is 0 Å². The molecule has 13 heteroatoms. The molecule has 39 heavy (non-hydrogen) atoms. The summed E-state index contributed by atoms with van der Waals surface area (Å²) in [5, 5.41) is 9.15. The number of rotatable bonds is 6. The van der Waals surface area contributed by atoms with E-state index in [0.29, 0.717) is 24.6 Å². The van der Waals surface area contributed by atoms with E-state index < -0.39 is 18.4 Å². The SMILES string of the molecule is O=C(O)CN1C(=O)/C(=C\c2c(N3CCN(Cc4ccc5c(c4)OCO5)CC3)nc3ccccn3c2=O)SC1=S. The Bertz CT molecular complexity index is 1600. The lowest BCUT2D eigenvalue weighted by Crippen LogP contribution is -2.47. The fourth-order valence-electron chi connectivity index (χ4n) is 4.78. The van der Waals surface area contributed by atoms with Crippen LogP contribution in [0, 0.1) is 0 Å². The number of carbonyl (C=O) groups excluding carboxylic acids is 1. The molecule has 6 rings (SSSR count). The quantitative estimate of drug-likeness (QED) is 0.350. The normalized spacial score (nSPS) is 18.5. The molecular weight excluding hydrogens is 542 g/mol. The second kappa shape index (κ2) is 10.3. The van der Waals surface area contributed by atoms with E-state index >= 15 is 0 Å². The van der Waals surface area contributed by atoms with Gasteiger partial charge in [0.1, 0.15) is 22.3 Å². The van der Waals surface area contributed by atoms with Gasteiger partial charge in [0, 0.05) is 38.9 Å². The molecule has 1 aromatic carbocycles. The largest absolute Gasteiger partial charge is 0.480 e. The first-order valence-electron chi connectivity index (χ1n) is 12.2. The van der Waals surface area contributed by atoms with Gasteiger partial charge in [-0.1, -0.05) is 36.1 Å². The molecule has 5 heterocycles. The first kappa shape index (κ1) is 25.3. The van der Waals surface area contributed by atoms with E-state index in [-0.39, 0.29) is 27.1 Å². The van der Waals surface area contributed by atoms with Crippen LogP contribution in [0.4, 0.5) is 5.82 Å². The lowest BCUT2D eigenvalue weighted by Gasteiger charge is -2.36. The smallest absolute Gasteiger partial charge is 0.323 e. The number of hydrogen-bond acceptors (Lipinski definition) is 10. The number of ether oxygens (including phenoxy) is 2. The van der Waals surface area contributed by atoms with Gasteiger partial charge < -0.3 is 19.5 Å². The van der Waals surface area contributed by atoms with Crippen LogP contribution >= 0.6 is 24.0 Å². The number of aromatic nitrogens is 2. The Labute approximate surface area is 232 Å². The number of piperazine rings is 1. The number of anilines is 1. The van der Waals surface area contributed by atoms with Crippen molar-refractivity contribution in [2.24, 2.45) is 0 Å². The van der Waals surface area contributed by atoms with Crippen LogP contribution in [-0.4, -0.2) is 80.0 Å². The fraction of sp³-hybridized carbons (Fsp3) is 0.269. The number of carboxylic acids is 1. The van der Waals surface area contributed by atoms with Gasteiger partial charge >= 0.3 is 5.97 Å². The summed E-state index contributed by atoms with van der Waals surface area (Å²) in [6, 6.07) is 11.3. The van der Waals surface area contributed by atoms with Crippen LogP contribution in [0.1, 0.15) is 11.1 Å². The fourth-order valence-corrected chi connectivity index (χ4v) is 6.01. The monoisotopic (exact) mass is 565 g/mol. The molecule has 3 aliphatic heterocycles. The van der Waals surface area contributed by atoms with E-state index in [1.54, 1.807) is 18.3 Å². The van der Waals surface area contributed by atoms with Crippen LogP contribution in [0.2, 0.25) is 0 Å². The van der Waals surface area contributed by atoms with E-state index in [0.717, 1.165) is 53.4 Å². The van der Waals surface area contributed by atoms with Gasteiger partial charge in [0.15, 0.2) is 11.5 Å². The maximum atomic E-state index is 13.6. The summed E-state index contributed by atoms with van der Waals surface area (Å²) in [5.74, 6) is 0.288. The molecule has 2 fully saturated rings. The molecule has 3 aliphatic rings. The molecule has 0 atom stereocenters. The third-order valence-electron chi connectivity index (χ3n) is 6.71. The summed E-state index contributed by atoms with van der Waals surface area (Å²) < 4.78 is 12.5. The number of carbonyl (C=O) groups is 2. The van der Waals surface area contributed by atoms with Crippen LogP contribution in [-0.2, 0) is 16.1 Å². The van der Waals surface area contributed by atoms with Crippen LogP contribution in [0.5, 0.6) is 11.5 Å². The maximum absolute atomic E-state index is 13.6. The lowest BCUT2D eigenvalue weighted by molar-refractivity contribution is -0.140. The third kappa shape index (κ3) is 4.95. The van der Waals surface area contributed by atoms with Gasteiger partial charge in [0.2, 0.25) is 6.79 Å². The molecule has 2 saturated heterocycles. The zero-order valence-corrected chi connectivity index (χ0v) is 22.2. The summed E-state index contributed by atoms with van der Waals surface area (Å²) in [5.41, 5.74) is 1.57. The van der Waals surface area contributed by atoms with Crippen molar-refractivity contribution in [2.45, 2.75) is 6.54 Å². The Morgan fingerprint density at radius 1 is 1.10 bits per heavy atom. The number of nitrogens with zero attached hydrogens (tertiary/aromatic N) is 5. The Kier molecular flexibility index (Phi) is 6.71. The second-order valence-electron chi connectivity index (χ2n) is 9.20. The van der Waals surface area contributed by atoms with E-state index in [1.807, 2.05) is 29.2 Å². The summed E-state index contributed by atoms with van der Waals surface area (Å²) in [6.07, 6.45) is 3.12. The van der Waals surface area contributed by atoms with Gasteiger partial charge in [-0.15, -0.1) is 0 Å². The minimum atomic E-state index is -1.17. The zero-order valence-electron chi connectivity index (χ0n) is 20.6. The molecular formula is C26H23N5O6S2. The van der Waals surface area contributed by atoms with Crippen molar-refractivity contribution in [3.05, 3.63) is 69.0 Å². The number of benzene rings is 1. The molecule has 0 bridgehead atoms. The highest BCUT2D eigenvalue weighted by Crippen LogP contribution is 2.34. The number of fused-ring (bicyclic) bond motifs is 2. The molecule has 200 valence electrons. The van der Waals surface area contributed by atoms with E-state index in [1.165, 1.54) is 10.5 Å². The van der Waals surface area contributed by atoms with Crippen molar-refractivity contribution in [3.63, 3.8) is 0 Å². The first-order chi connectivity index (χ1) is 18.9. The maximum Gasteiger partial charge on any atom is 0.323 e. The molecule has 0 unspecified atom stereocenters. The van der Waals surface area contributed by atoms with Gasteiger partial charge in [0.05, 0.1) is 10.5 Å². The number of carboxylic acid groups (broad SMARTS) is 1. The Morgan fingerprint density at radius 2 is 1.90 bits per heavy atom. The number of pyridine rings is 1. The summed E-state index contributed by atoms with van der Waals surface area (Å²) in [4.78, 5) is 48.1. The molecule has 1 amide bonds. The highest BCUT2D eigenvalue weighted by Gasteiger charge is 2.34. The average Bonchev–Trinajstić information content (AvgIpc) is 3.50. The first-order valence-corrected chi connectivity index (χ1v) is 13.4. The average molecular weight is 566 g/mol. The topological polar surface area (TPSA) is 117 Å². The Hall–Kier alpha value is -3.94. The molecule has 11 nitrogen and oxygen atoms in total. The van der Waals surface area contributed by atoms with E-state index in [4.69, 9.17) is 31.8 Å². The molecule has 0 saturated carbocycles. The van der Waals surface area contributed by atoms with E-state index in [2.05, 4.69) is 4.90 Å². The van der Waals surface area contributed by atoms with Crippen molar-refractivity contribution in [1.29, 1.82) is 0 Å². The highest BCUT2D eigenvalue weighted by molar-refractivity contribution is 8.26. The predicted molar refractivity (Wildman–Crippen MR) is 149 cm³/mol. The van der Waals surface area contributed by atoms with Crippen LogP contribution in [0.15, 0.2) is 52.3 Å². The predicted octanol–water partition coefficient (Wildman–Crippen LogP) is 2.03. The third-order valence-corrected chi connectivity index (χ3v) is 8.08. The number of aliphatic carboxylic acids is 1. The van der Waals surface area contributed by atoms with Crippen LogP contribution in [0.25, 0.3) is 11.7 Å². The minimum Gasteiger partial charge on any atom is -0.480 e. The van der Waals surface area contributed by atoms with Crippen molar-refractivity contribution in [1.82, 2.24) is 19.2 Å². The van der Waals surface area contributed by atoms with Crippen LogP contribution in [0.3, 0.4) is 0 Å². The van der Waals surface area contributed by atoms with Crippen molar-refractivity contribution in [2.75, 3.05) is 44.4 Å². The van der Waals surface area contributed by atoms with Crippen LogP contribution < -0.4 is 19.9 Å². The van der Waals surface area contributed by atoms with Gasteiger partial charge in [-0.25, -0.2) is 4.98 Å². The Morgan fingerprint density at radius 3 is 2.69 bits per heavy atom. The van der Waals surface area contributed by atoms with E-state index in [9.17, 15) is 14.4 Å². The molecule has 2 aromatic heterocycles. The lowest BCUT2D eigenvalue weighted by atomic mass is 10.1. The molecule has 3 aromatic rings. The zero-order chi connectivity index (χ0) is 27.1.